The summed E-state index contributed by atoms with van der Waals surface area (Å²) in [5.74, 6) is -0.619. The number of hydrogen-bond donors (Lipinski definition) is 0. The predicted octanol–water partition coefficient (Wildman–Crippen LogP) is 2.12. The number of halogens is 1. The second-order valence-corrected chi connectivity index (χ2v) is 4.85. The van der Waals surface area contributed by atoms with Crippen molar-refractivity contribution >= 4 is 5.78 Å². The van der Waals surface area contributed by atoms with E-state index in [0.29, 0.717) is 13.1 Å². The van der Waals surface area contributed by atoms with Crippen LogP contribution in [0.3, 0.4) is 0 Å². The lowest BCUT2D eigenvalue weighted by Crippen LogP contribution is -2.47. The van der Waals surface area contributed by atoms with Gasteiger partial charge in [-0.25, -0.2) is 4.39 Å². The first-order valence-electron chi connectivity index (χ1n) is 6.22. The average Bonchev–Trinajstić information content (AvgIpc) is 2.27. The molecule has 2 atom stereocenters. The fraction of sp³-hybridized carbons (Fsp3) is 0.500. The topological polar surface area (TPSA) is 29.5 Å². The third-order valence-electron chi connectivity index (χ3n) is 3.04. The van der Waals surface area contributed by atoms with E-state index in [4.69, 9.17) is 4.74 Å². The molecule has 0 N–H and O–H groups in total. The average molecular weight is 251 g/mol. The van der Waals surface area contributed by atoms with Crippen LogP contribution >= 0.6 is 0 Å². The van der Waals surface area contributed by atoms with E-state index in [9.17, 15) is 9.18 Å². The molecule has 0 spiro atoms. The second kappa shape index (κ2) is 5.59. The highest BCUT2D eigenvalue weighted by molar-refractivity contribution is 5.97. The minimum Gasteiger partial charge on any atom is -0.373 e. The first-order valence-corrected chi connectivity index (χ1v) is 6.22. The fourth-order valence-electron chi connectivity index (χ4n) is 2.39. The molecule has 0 radical (unpaired) electrons. The van der Waals surface area contributed by atoms with Gasteiger partial charge in [-0.3, -0.25) is 9.69 Å². The molecule has 0 amide bonds. The summed E-state index contributed by atoms with van der Waals surface area (Å²) in [6, 6.07) is 6.12. The van der Waals surface area contributed by atoms with Gasteiger partial charge in [0.15, 0.2) is 5.78 Å². The molecule has 0 bridgehead atoms. The van der Waals surface area contributed by atoms with Crippen LogP contribution in [0.15, 0.2) is 24.3 Å². The van der Waals surface area contributed by atoms with Gasteiger partial charge >= 0.3 is 0 Å². The molecule has 98 valence electrons. The number of benzene rings is 1. The van der Waals surface area contributed by atoms with E-state index in [1.165, 1.54) is 12.1 Å². The molecule has 0 saturated carbocycles. The van der Waals surface area contributed by atoms with E-state index in [0.717, 1.165) is 0 Å². The standard InChI is InChI=1S/C14H18FNO2/c1-10-7-16(8-11(2)18-10)9-14(17)12-5-3-4-6-13(12)15/h3-6,10-11H,7-9H2,1-2H3/t10-,11+. The maximum absolute atomic E-state index is 13.5. The Morgan fingerprint density at radius 2 is 1.94 bits per heavy atom. The zero-order valence-corrected chi connectivity index (χ0v) is 10.7. The molecule has 1 heterocycles. The van der Waals surface area contributed by atoms with Crippen molar-refractivity contribution in [2.24, 2.45) is 0 Å². The molecule has 18 heavy (non-hydrogen) atoms. The van der Waals surface area contributed by atoms with Gasteiger partial charge in [-0.1, -0.05) is 12.1 Å². The molecule has 1 aliphatic rings. The third kappa shape index (κ3) is 3.15. The summed E-state index contributed by atoms with van der Waals surface area (Å²) in [5, 5.41) is 0. The molecule has 1 fully saturated rings. The highest BCUT2D eigenvalue weighted by Crippen LogP contribution is 2.13. The van der Waals surface area contributed by atoms with Crippen LogP contribution in [0.2, 0.25) is 0 Å². The Morgan fingerprint density at radius 1 is 1.33 bits per heavy atom. The highest BCUT2D eigenvalue weighted by Gasteiger charge is 2.24. The van der Waals surface area contributed by atoms with Crippen molar-refractivity contribution in [3.05, 3.63) is 35.6 Å². The number of rotatable bonds is 3. The largest absolute Gasteiger partial charge is 0.373 e. The van der Waals surface area contributed by atoms with Crippen molar-refractivity contribution < 1.29 is 13.9 Å². The third-order valence-corrected chi connectivity index (χ3v) is 3.04. The Hall–Kier alpha value is -1.26. The molecule has 0 unspecified atom stereocenters. The summed E-state index contributed by atoms with van der Waals surface area (Å²) in [7, 11) is 0. The van der Waals surface area contributed by atoms with Crippen molar-refractivity contribution in [1.82, 2.24) is 4.90 Å². The molecule has 1 aliphatic heterocycles. The maximum Gasteiger partial charge on any atom is 0.179 e. The molecule has 0 aliphatic carbocycles. The molecule has 3 nitrogen and oxygen atoms in total. The number of hydrogen-bond acceptors (Lipinski definition) is 3. The zero-order valence-electron chi connectivity index (χ0n) is 10.7. The maximum atomic E-state index is 13.5. The van der Waals surface area contributed by atoms with Crippen LogP contribution in [0.25, 0.3) is 0 Å². The Bertz CT molecular complexity index is 426. The van der Waals surface area contributed by atoms with Crippen LogP contribution in [0.4, 0.5) is 4.39 Å². The van der Waals surface area contributed by atoms with Crippen LogP contribution in [0, 0.1) is 5.82 Å². The van der Waals surface area contributed by atoms with E-state index in [-0.39, 0.29) is 30.1 Å². The van der Waals surface area contributed by atoms with Crippen LogP contribution in [0.1, 0.15) is 24.2 Å². The van der Waals surface area contributed by atoms with Gasteiger partial charge in [0, 0.05) is 13.1 Å². The van der Waals surface area contributed by atoms with Gasteiger partial charge in [0.2, 0.25) is 0 Å². The lowest BCUT2D eigenvalue weighted by molar-refractivity contribution is -0.0652. The van der Waals surface area contributed by atoms with Crippen molar-refractivity contribution in [3.63, 3.8) is 0 Å². The lowest BCUT2D eigenvalue weighted by atomic mass is 10.1. The van der Waals surface area contributed by atoms with Crippen LogP contribution in [0.5, 0.6) is 0 Å². The summed E-state index contributed by atoms with van der Waals surface area (Å²) in [5.41, 5.74) is 0.171. The van der Waals surface area contributed by atoms with Crippen molar-refractivity contribution in [3.8, 4) is 0 Å². The molecule has 2 rings (SSSR count). The molecule has 1 aromatic rings. The van der Waals surface area contributed by atoms with Crippen molar-refractivity contribution in [2.75, 3.05) is 19.6 Å². The van der Waals surface area contributed by atoms with E-state index < -0.39 is 5.82 Å². The first-order chi connectivity index (χ1) is 8.56. The van der Waals surface area contributed by atoms with Gasteiger partial charge in [-0.2, -0.15) is 0 Å². The first kappa shape index (κ1) is 13.2. The number of nitrogens with zero attached hydrogens (tertiary/aromatic N) is 1. The molecular weight excluding hydrogens is 233 g/mol. The Kier molecular flexibility index (Phi) is 4.09. The summed E-state index contributed by atoms with van der Waals surface area (Å²) in [4.78, 5) is 14.0. The van der Waals surface area contributed by atoms with E-state index in [1.807, 2.05) is 18.7 Å². The molecule has 1 saturated heterocycles. The number of carbonyl (C=O) groups excluding carboxylic acids is 1. The van der Waals surface area contributed by atoms with Gasteiger partial charge in [0.05, 0.1) is 24.3 Å². The van der Waals surface area contributed by atoms with Crippen LogP contribution in [-0.2, 0) is 4.74 Å². The minimum atomic E-state index is -0.447. The van der Waals surface area contributed by atoms with E-state index in [1.54, 1.807) is 12.1 Å². The highest BCUT2D eigenvalue weighted by atomic mass is 19.1. The molecule has 1 aromatic carbocycles. The number of carbonyl (C=O) groups is 1. The van der Waals surface area contributed by atoms with Gasteiger partial charge in [-0.15, -0.1) is 0 Å². The Labute approximate surface area is 107 Å². The number of ether oxygens (including phenoxy) is 1. The monoisotopic (exact) mass is 251 g/mol. The number of Topliss-reactive ketones (excluding diaryl/α,β-unsaturated/α-hetero) is 1. The lowest BCUT2D eigenvalue weighted by Gasteiger charge is -2.34. The van der Waals surface area contributed by atoms with Gasteiger partial charge in [-0.05, 0) is 26.0 Å². The number of morpholine rings is 1. The van der Waals surface area contributed by atoms with Gasteiger partial charge in [0.25, 0.3) is 0 Å². The van der Waals surface area contributed by atoms with E-state index in [2.05, 4.69) is 0 Å². The van der Waals surface area contributed by atoms with Gasteiger partial charge in [0.1, 0.15) is 5.82 Å². The molecular formula is C14H18FNO2. The van der Waals surface area contributed by atoms with Crippen LogP contribution in [-0.4, -0.2) is 42.5 Å². The Balaban J connectivity index is 2.01. The number of ketones is 1. The molecule has 4 heteroatoms. The quantitative estimate of drug-likeness (QED) is 0.771. The zero-order chi connectivity index (χ0) is 13.1. The van der Waals surface area contributed by atoms with Gasteiger partial charge < -0.3 is 4.74 Å². The summed E-state index contributed by atoms with van der Waals surface area (Å²) < 4.78 is 19.1. The normalized spacial score (nSPS) is 25.1. The van der Waals surface area contributed by atoms with Crippen LogP contribution < -0.4 is 0 Å². The van der Waals surface area contributed by atoms with Crippen molar-refractivity contribution in [2.45, 2.75) is 26.1 Å². The van der Waals surface area contributed by atoms with Crippen molar-refractivity contribution in [1.29, 1.82) is 0 Å². The minimum absolute atomic E-state index is 0.113. The molecule has 0 aromatic heterocycles. The summed E-state index contributed by atoms with van der Waals surface area (Å²) in [6.07, 6.45) is 0.226. The summed E-state index contributed by atoms with van der Waals surface area (Å²) >= 11 is 0. The second-order valence-electron chi connectivity index (χ2n) is 4.85. The predicted molar refractivity (Wildman–Crippen MR) is 67.2 cm³/mol. The Morgan fingerprint density at radius 3 is 2.56 bits per heavy atom. The fourth-order valence-corrected chi connectivity index (χ4v) is 2.39. The smallest absolute Gasteiger partial charge is 0.179 e. The summed E-state index contributed by atoms with van der Waals surface area (Å²) in [6.45, 7) is 5.64. The SMILES string of the molecule is C[C@@H]1CN(CC(=O)c2ccccc2F)C[C@H](C)O1. The van der Waals surface area contributed by atoms with E-state index >= 15 is 0 Å².